The number of nitrogens with two attached hydrogens (primary N) is 2. The summed E-state index contributed by atoms with van der Waals surface area (Å²) in [7, 11) is 0. The summed E-state index contributed by atoms with van der Waals surface area (Å²) in [5.41, 5.74) is 11.2. The second-order valence-electron chi connectivity index (χ2n) is 7.41. The van der Waals surface area contributed by atoms with Gasteiger partial charge in [-0.05, 0) is 38.1 Å². The van der Waals surface area contributed by atoms with Gasteiger partial charge in [-0.15, -0.1) is 0 Å². The number of hydrogen-bond donors (Lipinski definition) is 8. The van der Waals surface area contributed by atoms with Crippen molar-refractivity contribution < 1.29 is 24.3 Å². The van der Waals surface area contributed by atoms with Gasteiger partial charge in [0.1, 0.15) is 18.1 Å². The maximum atomic E-state index is 12.8. The minimum atomic E-state index is -1.22. The van der Waals surface area contributed by atoms with Crippen LogP contribution in [0.5, 0.6) is 0 Å². The zero-order valence-electron chi connectivity index (χ0n) is 17.5. The number of rotatable bonds is 15. The van der Waals surface area contributed by atoms with E-state index in [4.69, 9.17) is 16.6 Å². The highest BCUT2D eigenvalue weighted by Gasteiger charge is 2.30. The Hall–Kier alpha value is -1.50. The van der Waals surface area contributed by atoms with Crippen molar-refractivity contribution in [3.63, 3.8) is 0 Å². The molecule has 0 radical (unpaired) electrons. The molecular formula is C18H35N5O5S2. The van der Waals surface area contributed by atoms with Crippen LogP contribution in [0.4, 0.5) is 0 Å². The number of carboxylic acids is 1. The molecule has 10 nitrogen and oxygen atoms in total. The van der Waals surface area contributed by atoms with Gasteiger partial charge in [-0.2, -0.15) is 25.3 Å². The van der Waals surface area contributed by atoms with Crippen LogP contribution in [0.1, 0.15) is 39.5 Å². The molecule has 174 valence electrons. The molecule has 30 heavy (non-hydrogen) atoms. The second kappa shape index (κ2) is 15.3. The number of thiol groups is 2. The first-order chi connectivity index (χ1) is 14.1. The SMILES string of the molecule is CC(C)CC(NC(=O)C(CCCCN)NC(=O)C(N)CS)C(=O)NC(CS)C(=O)O. The van der Waals surface area contributed by atoms with Gasteiger partial charge in [0, 0.05) is 11.5 Å². The van der Waals surface area contributed by atoms with Crippen LogP contribution in [0.25, 0.3) is 0 Å². The zero-order valence-corrected chi connectivity index (χ0v) is 19.3. The number of aliphatic carboxylic acids is 1. The summed E-state index contributed by atoms with van der Waals surface area (Å²) in [5, 5.41) is 16.7. The predicted molar refractivity (Wildman–Crippen MR) is 121 cm³/mol. The number of carboxylic acid groups (broad SMARTS) is 1. The Morgan fingerprint density at radius 3 is 1.87 bits per heavy atom. The van der Waals surface area contributed by atoms with E-state index >= 15 is 0 Å². The molecular weight excluding hydrogens is 430 g/mol. The highest BCUT2D eigenvalue weighted by Crippen LogP contribution is 2.08. The summed E-state index contributed by atoms with van der Waals surface area (Å²) < 4.78 is 0. The van der Waals surface area contributed by atoms with Crippen LogP contribution < -0.4 is 27.4 Å². The topological polar surface area (TPSA) is 177 Å². The largest absolute Gasteiger partial charge is 0.480 e. The third-order valence-electron chi connectivity index (χ3n) is 4.25. The van der Waals surface area contributed by atoms with Gasteiger partial charge in [0.25, 0.3) is 0 Å². The molecule has 3 amide bonds. The summed E-state index contributed by atoms with van der Waals surface area (Å²) in [6.45, 7) is 4.18. The van der Waals surface area contributed by atoms with E-state index < -0.39 is 47.9 Å². The lowest BCUT2D eigenvalue weighted by molar-refractivity contribution is -0.141. The summed E-state index contributed by atoms with van der Waals surface area (Å²) in [6.07, 6.45) is 1.86. The third kappa shape index (κ3) is 11.0. The van der Waals surface area contributed by atoms with E-state index in [2.05, 4.69) is 41.2 Å². The Kier molecular flexibility index (Phi) is 14.6. The molecule has 0 aromatic heterocycles. The molecule has 0 saturated carbocycles. The van der Waals surface area contributed by atoms with Crippen molar-refractivity contribution in [2.24, 2.45) is 17.4 Å². The van der Waals surface area contributed by atoms with Gasteiger partial charge < -0.3 is 32.5 Å². The van der Waals surface area contributed by atoms with Crippen LogP contribution >= 0.6 is 25.3 Å². The van der Waals surface area contributed by atoms with Crippen molar-refractivity contribution in [1.29, 1.82) is 0 Å². The Morgan fingerprint density at radius 2 is 1.40 bits per heavy atom. The van der Waals surface area contributed by atoms with Crippen molar-refractivity contribution >= 4 is 48.9 Å². The van der Waals surface area contributed by atoms with E-state index in [9.17, 15) is 19.2 Å². The van der Waals surface area contributed by atoms with Gasteiger partial charge in [0.2, 0.25) is 17.7 Å². The summed E-state index contributed by atoms with van der Waals surface area (Å²) in [5.74, 6) is -2.86. The van der Waals surface area contributed by atoms with Crippen molar-refractivity contribution in [2.45, 2.75) is 63.7 Å². The summed E-state index contributed by atoms with van der Waals surface area (Å²) in [6, 6.07) is -3.93. The van der Waals surface area contributed by atoms with Crippen LogP contribution in [0.3, 0.4) is 0 Å². The number of hydrogen-bond acceptors (Lipinski definition) is 8. The van der Waals surface area contributed by atoms with Crippen LogP contribution in [0.2, 0.25) is 0 Å². The van der Waals surface area contributed by atoms with E-state index in [1.165, 1.54) is 0 Å². The number of unbranched alkanes of at least 4 members (excludes halogenated alkanes) is 1. The molecule has 0 heterocycles. The number of carbonyl (C=O) groups is 4. The minimum absolute atomic E-state index is 0.0446. The molecule has 0 aliphatic rings. The number of carbonyl (C=O) groups excluding carboxylic acids is 3. The van der Waals surface area contributed by atoms with Crippen molar-refractivity contribution in [1.82, 2.24) is 16.0 Å². The van der Waals surface area contributed by atoms with E-state index in [0.29, 0.717) is 25.8 Å². The first kappa shape index (κ1) is 28.5. The lowest BCUT2D eigenvalue weighted by Crippen LogP contribution is -2.57. The maximum absolute atomic E-state index is 12.8. The molecule has 0 aliphatic carbocycles. The molecule has 0 saturated heterocycles. The molecule has 0 aromatic rings. The van der Waals surface area contributed by atoms with E-state index in [0.717, 1.165) is 0 Å². The fourth-order valence-corrected chi connectivity index (χ4v) is 2.97. The average Bonchev–Trinajstić information content (AvgIpc) is 2.69. The molecule has 4 atom stereocenters. The summed E-state index contributed by atoms with van der Waals surface area (Å²) in [4.78, 5) is 48.7. The zero-order chi connectivity index (χ0) is 23.3. The smallest absolute Gasteiger partial charge is 0.327 e. The Labute approximate surface area is 188 Å². The number of amides is 3. The quantitative estimate of drug-likeness (QED) is 0.112. The number of nitrogens with one attached hydrogen (secondary N) is 3. The molecule has 12 heteroatoms. The normalized spacial score (nSPS) is 15.0. The van der Waals surface area contributed by atoms with Gasteiger partial charge >= 0.3 is 5.97 Å². The van der Waals surface area contributed by atoms with Gasteiger partial charge in [-0.25, -0.2) is 4.79 Å². The molecule has 4 unspecified atom stereocenters. The molecule has 0 aliphatic heterocycles. The molecule has 0 bridgehead atoms. The molecule has 0 spiro atoms. The second-order valence-corrected chi connectivity index (χ2v) is 8.14. The van der Waals surface area contributed by atoms with Crippen LogP contribution in [-0.2, 0) is 19.2 Å². The Balaban J connectivity index is 5.34. The Morgan fingerprint density at radius 1 is 0.867 bits per heavy atom. The predicted octanol–water partition coefficient (Wildman–Crippen LogP) is -1.11. The molecule has 8 N–H and O–H groups in total. The van der Waals surface area contributed by atoms with Gasteiger partial charge in [-0.3, -0.25) is 14.4 Å². The van der Waals surface area contributed by atoms with Crippen LogP contribution in [-0.4, -0.2) is 71.0 Å². The van der Waals surface area contributed by atoms with Crippen molar-refractivity contribution in [3.8, 4) is 0 Å². The van der Waals surface area contributed by atoms with Crippen LogP contribution in [0, 0.1) is 5.92 Å². The standard InChI is InChI=1S/C18H35N5O5S2/c1-10(2)7-13(17(26)23-14(9-30)18(27)28)22-16(25)12(5-3-4-6-19)21-15(24)11(20)8-29/h10-14,29-30H,3-9,19-20H2,1-2H3,(H,21,24)(H,22,25)(H,23,26)(H,27,28). The average molecular weight is 466 g/mol. The summed E-state index contributed by atoms with van der Waals surface area (Å²) >= 11 is 7.91. The fraction of sp³-hybridized carbons (Fsp3) is 0.778. The van der Waals surface area contributed by atoms with Gasteiger partial charge in [0.05, 0.1) is 6.04 Å². The third-order valence-corrected chi connectivity index (χ3v) is 5.01. The lowest BCUT2D eigenvalue weighted by atomic mass is 10.0. The monoisotopic (exact) mass is 465 g/mol. The van der Waals surface area contributed by atoms with E-state index in [-0.39, 0.29) is 23.8 Å². The first-order valence-electron chi connectivity index (χ1n) is 9.88. The first-order valence-corrected chi connectivity index (χ1v) is 11.1. The Bertz CT molecular complexity index is 579. The minimum Gasteiger partial charge on any atom is -0.480 e. The van der Waals surface area contributed by atoms with Gasteiger partial charge in [-0.1, -0.05) is 13.8 Å². The van der Waals surface area contributed by atoms with E-state index in [1.54, 1.807) is 0 Å². The molecule has 0 fully saturated rings. The highest BCUT2D eigenvalue weighted by atomic mass is 32.1. The lowest BCUT2D eigenvalue weighted by Gasteiger charge is -2.25. The van der Waals surface area contributed by atoms with E-state index in [1.807, 2.05) is 13.8 Å². The van der Waals surface area contributed by atoms with Crippen LogP contribution in [0.15, 0.2) is 0 Å². The van der Waals surface area contributed by atoms with Crippen molar-refractivity contribution in [2.75, 3.05) is 18.1 Å². The maximum Gasteiger partial charge on any atom is 0.327 e. The van der Waals surface area contributed by atoms with Gasteiger partial charge in [0.15, 0.2) is 0 Å². The molecule has 0 aromatic carbocycles. The van der Waals surface area contributed by atoms with Crippen molar-refractivity contribution in [3.05, 3.63) is 0 Å². The highest BCUT2D eigenvalue weighted by molar-refractivity contribution is 7.80. The molecule has 0 rings (SSSR count). The fourth-order valence-electron chi connectivity index (χ4n) is 2.56.